The van der Waals surface area contributed by atoms with E-state index in [4.69, 9.17) is 14.2 Å². The van der Waals surface area contributed by atoms with Crippen molar-refractivity contribution in [3.8, 4) is 11.5 Å². The van der Waals surface area contributed by atoms with Crippen molar-refractivity contribution in [2.75, 3.05) is 19.7 Å². The Morgan fingerprint density at radius 2 is 1.62 bits per heavy atom. The molecule has 0 aliphatic carbocycles. The molecule has 10 heteroatoms. The summed E-state index contributed by atoms with van der Waals surface area (Å²) < 4.78 is 56.2. The molecule has 2 amide bonds. The van der Waals surface area contributed by atoms with Gasteiger partial charge in [-0.2, -0.15) is 13.2 Å². The minimum atomic E-state index is -4.43. The number of rotatable bonds is 9. The summed E-state index contributed by atoms with van der Waals surface area (Å²) >= 11 is 0. The molecular formula is C35H35F3N2O5. The number of nitrogens with one attached hydrogen (secondary N) is 1. The normalized spacial score (nSPS) is 14.5. The molecule has 1 fully saturated rings. The second-order valence-electron chi connectivity index (χ2n) is 12.0. The van der Waals surface area contributed by atoms with E-state index < -0.39 is 23.4 Å². The van der Waals surface area contributed by atoms with E-state index in [1.54, 1.807) is 35.2 Å². The van der Waals surface area contributed by atoms with E-state index >= 15 is 0 Å². The Hall–Kier alpha value is -4.57. The minimum absolute atomic E-state index is 0.0264. The maximum atomic E-state index is 13.5. The van der Waals surface area contributed by atoms with E-state index in [0.717, 1.165) is 23.1 Å². The van der Waals surface area contributed by atoms with Crippen LogP contribution in [0.15, 0.2) is 91.0 Å². The number of hydrogen-bond donors (Lipinski definition) is 1. The first-order valence-electron chi connectivity index (χ1n) is 14.6. The highest BCUT2D eigenvalue weighted by Crippen LogP contribution is 2.34. The van der Waals surface area contributed by atoms with Gasteiger partial charge in [0.05, 0.1) is 24.8 Å². The fourth-order valence-electron chi connectivity index (χ4n) is 4.99. The summed E-state index contributed by atoms with van der Waals surface area (Å²) in [4.78, 5) is 27.6. The topological polar surface area (TPSA) is 77.1 Å². The third-order valence-corrected chi connectivity index (χ3v) is 7.37. The third kappa shape index (κ3) is 8.33. The van der Waals surface area contributed by atoms with Gasteiger partial charge in [-0.05, 0) is 80.3 Å². The predicted molar refractivity (Wildman–Crippen MR) is 164 cm³/mol. The monoisotopic (exact) mass is 620 g/mol. The number of fused-ring (bicyclic) bond motifs is 1. The van der Waals surface area contributed by atoms with Crippen molar-refractivity contribution < 1.29 is 37.0 Å². The molecule has 1 aliphatic heterocycles. The highest BCUT2D eigenvalue weighted by molar-refractivity contribution is 6.00. The van der Waals surface area contributed by atoms with Crippen LogP contribution >= 0.6 is 0 Å². The van der Waals surface area contributed by atoms with Gasteiger partial charge in [0, 0.05) is 30.0 Å². The van der Waals surface area contributed by atoms with Crippen LogP contribution in [-0.4, -0.2) is 48.2 Å². The molecule has 1 saturated heterocycles. The zero-order valence-electron chi connectivity index (χ0n) is 25.3. The van der Waals surface area contributed by atoms with E-state index in [1.165, 1.54) is 12.1 Å². The van der Waals surface area contributed by atoms with Crippen LogP contribution in [0.3, 0.4) is 0 Å². The summed E-state index contributed by atoms with van der Waals surface area (Å²) in [6, 6.07) is 24.3. The van der Waals surface area contributed by atoms with Gasteiger partial charge in [-0.25, -0.2) is 4.79 Å². The molecule has 1 heterocycles. The first kappa shape index (κ1) is 31.8. The number of carbonyl (C=O) groups is 2. The van der Waals surface area contributed by atoms with Crippen LogP contribution in [0.5, 0.6) is 11.5 Å². The van der Waals surface area contributed by atoms with Crippen molar-refractivity contribution in [1.82, 2.24) is 10.2 Å². The molecule has 1 unspecified atom stereocenters. The van der Waals surface area contributed by atoms with Crippen LogP contribution in [0.1, 0.15) is 42.3 Å². The zero-order chi connectivity index (χ0) is 32.2. The minimum Gasteiger partial charge on any atom is -0.457 e. The molecule has 7 nitrogen and oxygen atoms in total. The molecule has 4 aromatic rings. The van der Waals surface area contributed by atoms with Crippen LogP contribution in [0.4, 0.5) is 18.0 Å². The number of nitrogens with zero attached hydrogens (tertiary/aromatic N) is 1. The SMILES string of the molecule is CC(C)(C)OC(=O)N1CC(C(COCc2ccccc2)NC(=O)c2ccc3c(Oc4ccc(C(F)(F)F)cc4)cccc3c2)C1. The average Bonchev–Trinajstić information content (AvgIpc) is 2.95. The van der Waals surface area contributed by atoms with Gasteiger partial charge >= 0.3 is 12.3 Å². The number of hydrogen-bond acceptors (Lipinski definition) is 5. The van der Waals surface area contributed by atoms with Gasteiger partial charge in [-0.15, -0.1) is 0 Å². The Morgan fingerprint density at radius 1 is 0.911 bits per heavy atom. The summed E-state index contributed by atoms with van der Waals surface area (Å²) in [6.07, 6.45) is -4.82. The molecule has 0 spiro atoms. The first-order chi connectivity index (χ1) is 21.4. The number of halogens is 3. The number of alkyl halides is 3. The first-order valence-corrected chi connectivity index (χ1v) is 14.6. The van der Waals surface area contributed by atoms with Gasteiger partial charge in [-0.1, -0.05) is 42.5 Å². The second-order valence-corrected chi connectivity index (χ2v) is 12.0. The highest BCUT2D eigenvalue weighted by atomic mass is 19.4. The highest BCUT2D eigenvalue weighted by Gasteiger charge is 2.39. The number of amides is 2. The lowest BCUT2D eigenvalue weighted by Gasteiger charge is -2.43. The summed E-state index contributed by atoms with van der Waals surface area (Å²) in [7, 11) is 0. The smallest absolute Gasteiger partial charge is 0.416 e. The van der Waals surface area contributed by atoms with Crippen molar-refractivity contribution in [3.63, 3.8) is 0 Å². The predicted octanol–water partition coefficient (Wildman–Crippen LogP) is 7.83. The molecule has 5 rings (SSSR count). The summed E-state index contributed by atoms with van der Waals surface area (Å²) in [5.74, 6) is 0.385. The fourth-order valence-corrected chi connectivity index (χ4v) is 4.99. The molecule has 0 radical (unpaired) electrons. The second kappa shape index (κ2) is 13.2. The summed E-state index contributed by atoms with van der Waals surface area (Å²) in [5.41, 5.74) is 0.0699. The number of likely N-dealkylation sites (tertiary alicyclic amines) is 1. The van der Waals surface area contributed by atoms with Crippen LogP contribution in [0.2, 0.25) is 0 Å². The van der Waals surface area contributed by atoms with Crippen LogP contribution in [-0.2, 0) is 22.3 Å². The lowest BCUT2D eigenvalue weighted by Crippen LogP contribution is -2.60. The van der Waals surface area contributed by atoms with E-state index in [0.29, 0.717) is 36.4 Å². The number of ether oxygens (including phenoxy) is 3. The van der Waals surface area contributed by atoms with Crippen LogP contribution in [0, 0.1) is 5.92 Å². The fraction of sp³-hybridized carbons (Fsp3) is 0.314. The number of benzene rings is 4. The van der Waals surface area contributed by atoms with E-state index in [9.17, 15) is 22.8 Å². The van der Waals surface area contributed by atoms with Crippen molar-refractivity contribution in [1.29, 1.82) is 0 Å². The van der Waals surface area contributed by atoms with Crippen molar-refractivity contribution in [2.45, 2.75) is 45.2 Å². The maximum Gasteiger partial charge on any atom is 0.416 e. The van der Waals surface area contributed by atoms with Gasteiger partial charge < -0.3 is 24.4 Å². The summed E-state index contributed by atoms with van der Waals surface area (Å²) in [6.45, 7) is 6.94. The van der Waals surface area contributed by atoms with Crippen molar-refractivity contribution in [3.05, 3.63) is 108 Å². The van der Waals surface area contributed by atoms with E-state index in [2.05, 4.69) is 5.32 Å². The molecular weight excluding hydrogens is 585 g/mol. The lowest BCUT2D eigenvalue weighted by molar-refractivity contribution is -0.137. The Labute approximate surface area is 259 Å². The maximum absolute atomic E-state index is 13.5. The quantitative estimate of drug-likeness (QED) is 0.206. The number of carbonyl (C=O) groups excluding carboxylic acids is 2. The molecule has 1 N–H and O–H groups in total. The zero-order valence-corrected chi connectivity index (χ0v) is 25.3. The van der Waals surface area contributed by atoms with Gasteiger partial charge in [0.15, 0.2) is 0 Å². The van der Waals surface area contributed by atoms with E-state index in [-0.39, 0.29) is 30.2 Å². The molecule has 4 aromatic carbocycles. The lowest BCUT2D eigenvalue weighted by atomic mass is 9.92. The summed E-state index contributed by atoms with van der Waals surface area (Å²) in [5, 5.41) is 4.52. The standard InChI is InChI=1S/C35H35F3N2O5/c1-34(2,3)45-33(42)40-19-26(20-40)30(22-43-21-23-8-5-4-6-9-23)39-32(41)25-12-17-29-24(18-25)10-7-11-31(29)44-28-15-13-27(14-16-28)35(36,37)38/h4-18,26,30H,19-22H2,1-3H3,(H,39,41). The van der Waals surface area contributed by atoms with Crippen molar-refractivity contribution in [2.24, 2.45) is 5.92 Å². The third-order valence-electron chi connectivity index (χ3n) is 7.37. The molecule has 0 bridgehead atoms. The Balaban J connectivity index is 1.27. The Kier molecular flexibility index (Phi) is 9.34. The molecule has 45 heavy (non-hydrogen) atoms. The van der Waals surface area contributed by atoms with Gasteiger partial charge in [0.2, 0.25) is 0 Å². The van der Waals surface area contributed by atoms with E-state index in [1.807, 2.05) is 57.2 Å². The van der Waals surface area contributed by atoms with Gasteiger partial charge in [0.25, 0.3) is 5.91 Å². The Bertz CT molecular complexity index is 1630. The van der Waals surface area contributed by atoms with Crippen LogP contribution in [0.25, 0.3) is 10.8 Å². The molecule has 0 saturated carbocycles. The van der Waals surface area contributed by atoms with Crippen LogP contribution < -0.4 is 10.1 Å². The molecule has 1 atom stereocenters. The molecule has 0 aromatic heterocycles. The molecule has 1 aliphatic rings. The largest absolute Gasteiger partial charge is 0.457 e. The Morgan fingerprint density at radius 3 is 2.29 bits per heavy atom. The average molecular weight is 621 g/mol. The molecule has 236 valence electrons. The van der Waals surface area contributed by atoms with Gasteiger partial charge in [0.1, 0.15) is 17.1 Å². The van der Waals surface area contributed by atoms with Gasteiger partial charge in [-0.3, -0.25) is 4.79 Å². The van der Waals surface area contributed by atoms with Crippen molar-refractivity contribution >= 4 is 22.8 Å².